The highest BCUT2D eigenvalue weighted by molar-refractivity contribution is 5.63. The number of carbonyl (C=O) groups is 3. The zero-order valence-corrected chi connectivity index (χ0v) is 17.0. The van der Waals surface area contributed by atoms with Crippen molar-refractivity contribution in [2.75, 3.05) is 33.5 Å². The third-order valence-corrected chi connectivity index (χ3v) is 3.66. The van der Waals surface area contributed by atoms with Gasteiger partial charge in [-0.25, -0.2) is 14.4 Å². The molecule has 174 valence electrons. The molecule has 0 radical (unpaired) electrons. The second-order valence-corrected chi connectivity index (χ2v) is 5.76. The maximum absolute atomic E-state index is 12.1. The molecule has 0 aliphatic carbocycles. The zero-order valence-electron chi connectivity index (χ0n) is 17.0. The first-order chi connectivity index (χ1) is 14.9. The van der Waals surface area contributed by atoms with Gasteiger partial charge in [-0.3, -0.25) is 0 Å². The minimum atomic E-state index is -1.53. The number of carbonyl (C=O) groups excluding carboxylic acids is 3. The Balaban J connectivity index is 3.18. The van der Waals surface area contributed by atoms with Crippen LogP contribution in [0.2, 0.25) is 0 Å². The summed E-state index contributed by atoms with van der Waals surface area (Å²) in [6, 6.07) is 0. The summed E-state index contributed by atoms with van der Waals surface area (Å²) in [6.07, 6.45) is -6.68. The van der Waals surface area contributed by atoms with Crippen LogP contribution in [0, 0.1) is 0 Å². The van der Waals surface area contributed by atoms with E-state index in [1.54, 1.807) is 0 Å². The van der Waals surface area contributed by atoms with Gasteiger partial charge in [0.15, 0.2) is 24.6 Å². The summed E-state index contributed by atoms with van der Waals surface area (Å²) in [4.78, 5) is 36.0. The lowest BCUT2D eigenvalue weighted by molar-refractivity contribution is -0.297. The molecule has 1 saturated heterocycles. The van der Waals surface area contributed by atoms with E-state index in [9.17, 15) is 19.5 Å². The smallest absolute Gasteiger partial charge is 0.430 e. The fraction of sp³-hybridized carbons (Fsp3) is 0.526. The molecule has 0 unspecified atom stereocenters. The number of methoxy groups -OCH3 is 1. The molecule has 5 atom stereocenters. The van der Waals surface area contributed by atoms with Crippen LogP contribution >= 0.6 is 0 Å². The van der Waals surface area contributed by atoms with E-state index in [1.165, 1.54) is 25.3 Å². The molecule has 0 aromatic heterocycles. The minimum absolute atomic E-state index is 0.163. The van der Waals surface area contributed by atoms with Gasteiger partial charge in [0.25, 0.3) is 0 Å². The number of rotatable bonds is 11. The van der Waals surface area contributed by atoms with Gasteiger partial charge in [-0.15, -0.1) is 0 Å². The van der Waals surface area contributed by atoms with Crippen LogP contribution < -0.4 is 0 Å². The lowest BCUT2D eigenvalue weighted by atomic mass is 9.98. The van der Waals surface area contributed by atoms with Crippen LogP contribution in [0.3, 0.4) is 0 Å². The maximum atomic E-state index is 12.1. The molecule has 0 aromatic carbocycles. The van der Waals surface area contributed by atoms with Crippen LogP contribution in [0.25, 0.3) is 0 Å². The van der Waals surface area contributed by atoms with Gasteiger partial charge in [-0.1, -0.05) is 38.0 Å². The van der Waals surface area contributed by atoms with Gasteiger partial charge in [0.2, 0.25) is 0 Å². The van der Waals surface area contributed by atoms with E-state index in [1.807, 2.05) is 0 Å². The van der Waals surface area contributed by atoms with Gasteiger partial charge in [0.05, 0.1) is 6.61 Å². The zero-order chi connectivity index (χ0) is 23.2. The molecule has 12 nitrogen and oxygen atoms in total. The largest absolute Gasteiger partial charge is 0.509 e. The number of aliphatic hydroxyl groups is 1. The van der Waals surface area contributed by atoms with Gasteiger partial charge in [-0.2, -0.15) is 0 Å². The molecule has 1 aliphatic heterocycles. The highest BCUT2D eigenvalue weighted by Gasteiger charge is 2.53. The Morgan fingerprint density at radius 2 is 1.23 bits per heavy atom. The topological polar surface area (TPSA) is 145 Å². The lowest BCUT2D eigenvalue weighted by Gasteiger charge is -2.42. The van der Waals surface area contributed by atoms with Gasteiger partial charge in [0, 0.05) is 7.11 Å². The van der Waals surface area contributed by atoms with E-state index >= 15 is 0 Å². The summed E-state index contributed by atoms with van der Waals surface area (Å²) < 4.78 is 40.4. The van der Waals surface area contributed by atoms with E-state index < -0.39 is 55.8 Å². The predicted octanol–water partition coefficient (Wildman–Crippen LogP) is 1.47. The van der Waals surface area contributed by atoms with Crippen molar-refractivity contribution in [2.24, 2.45) is 0 Å². The Kier molecular flexibility index (Phi) is 11.7. The molecule has 0 aromatic rings. The fourth-order valence-corrected chi connectivity index (χ4v) is 2.43. The van der Waals surface area contributed by atoms with Gasteiger partial charge < -0.3 is 43.0 Å². The summed E-state index contributed by atoms with van der Waals surface area (Å²) in [7, 11) is 1.22. The molecule has 1 heterocycles. The molecule has 1 N–H and O–H groups in total. The molecule has 1 rings (SSSR count). The Morgan fingerprint density at radius 1 is 0.806 bits per heavy atom. The van der Waals surface area contributed by atoms with E-state index in [2.05, 4.69) is 19.7 Å². The quantitative estimate of drug-likeness (QED) is 0.279. The molecule has 0 spiro atoms. The molecule has 0 saturated carbocycles. The van der Waals surface area contributed by atoms with Crippen molar-refractivity contribution in [2.45, 2.75) is 30.7 Å². The summed E-state index contributed by atoms with van der Waals surface area (Å²) >= 11 is 0. The summed E-state index contributed by atoms with van der Waals surface area (Å²) in [5, 5.41) is 9.68. The van der Waals surface area contributed by atoms with E-state index in [0.29, 0.717) is 0 Å². The number of hydrogen-bond acceptors (Lipinski definition) is 12. The first-order valence-corrected chi connectivity index (χ1v) is 9.03. The highest BCUT2D eigenvalue weighted by Crippen LogP contribution is 2.29. The molecular formula is C19H26O12. The van der Waals surface area contributed by atoms with Crippen LogP contribution in [0.15, 0.2) is 38.0 Å². The van der Waals surface area contributed by atoms with Crippen molar-refractivity contribution in [3.63, 3.8) is 0 Å². The number of ether oxygens (including phenoxy) is 8. The third kappa shape index (κ3) is 8.28. The lowest BCUT2D eigenvalue weighted by Crippen LogP contribution is -2.62. The number of hydrogen-bond donors (Lipinski definition) is 1. The van der Waals surface area contributed by atoms with Crippen molar-refractivity contribution < 1.29 is 57.4 Å². The molecule has 0 bridgehead atoms. The van der Waals surface area contributed by atoms with Crippen molar-refractivity contribution in [3.8, 4) is 0 Å². The van der Waals surface area contributed by atoms with Crippen molar-refractivity contribution in [3.05, 3.63) is 38.0 Å². The average Bonchev–Trinajstić information content (AvgIpc) is 2.76. The second-order valence-electron chi connectivity index (χ2n) is 5.76. The molecule has 12 heteroatoms. The maximum Gasteiger partial charge on any atom is 0.509 e. The van der Waals surface area contributed by atoms with E-state index in [4.69, 9.17) is 37.9 Å². The SMILES string of the molecule is C=CCOC(=O)O[C@H]1[C@@H](OC(=O)OCC=C)[C@@H](CO)O[C@H](OC)[C@@H]1OC(=O)OCC=C. The van der Waals surface area contributed by atoms with Gasteiger partial charge in [-0.05, 0) is 0 Å². The monoisotopic (exact) mass is 446 g/mol. The minimum Gasteiger partial charge on any atom is -0.430 e. The molecule has 31 heavy (non-hydrogen) atoms. The fourth-order valence-electron chi connectivity index (χ4n) is 2.43. The summed E-state index contributed by atoms with van der Waals surface area (Å²) in [6.45, 7) is 9.02. The van der Waals surface area contributed by atoms with Crippen LogP contribution in [-0.4, -0.2) is 87.8 Å². The highest BCUT2D eigenvalue weighted by atomic mass is 16.8. The van der Waals surface area contributed by atoms with Crippen LogP contribution in [0.4, 0.5) is 14.4 Å². The standard InChI is InChI=1S/C19H26O12/c1-5-8-25-17(21)29-13-12(11-20)28-16(24-4)15(31-19(23)27-10-7-3)14(13)30-18(22)26-9-6-2/h5-7,12-16,20H,1-3,8-11H2,4H3/t12-,13+,14+,15-,16+/m1/s1. The van der Waals surface area contributed by atoms with Gasteiger partial charge in [0.1, 0.15) is 25.9 Å². The van der Waals surface area contributed by atoms with E-state index in [0.717, 1.165) is 0 Å². The molecule has 1 aliphatic rings. The average molecular weight is 446 g/mol. The van der Waals surface area contributed by atoms with Crippen molar-refractivity contribution in [1.82, 2.24) is 0 Å². The summed E-state index contributed by atoms with van der Waals surface area (Å²) in [5.74, 6) is 0. The first-order valence-electron chi connectivity index (χ1n) is 9.03. The van der Waals surface area contributed by atoms with E-state index in [-0.39, 0.29) is 19.8 Å². The van der Waals surface area contributed by atoms with Crippen LogP contribution in [-0.2, 0) is 37.9 Å². The first kappa shape index (κ1) is 25.9. The predicted molar refractivity (Wildman–Crippen MR) is 102 cm³/mol. The van der Waals surface area contributed by atoms with Crippen molar-refractivity contribution in [1.29, 1.82) is 0 Å². The van der Waals surface area contributed by atoms with Gasteiger partial charge >= 0.3 is 18.5 Å². The Hall–Kier alpha value is -3.09. The Bertz CT molecular complexity index is 593. The third-order valence-electron chi connectivity index (χ3n) is 3.66. The van der Waals surface area contributed by atoms with Crippen LogP contribution in [0.1, 0.15) is 0 Å². The second kappa shape index (κ2) is 14.0. The van der Waals surface area contributed by atoms with Crippen LogP contribution in [0.5, 0.6) is 0 Å². The molecule has 0 amide bonds. The summed E-state index contributed by atoms with van der Waals surface area (Å²) in [5.41, 5.74) is 0. The normalized spacial score (nSPS) is 24.8. The number of aliphatic hydroxyl groups excluding tert-OH is 1. The Labute approximate surface area is 178 Å². The molecule has 1 fully saturated rings. The Morgan fingerprint density at radius 3 is 1.61 bits per heavy atom. The van der Waals surface area contributed by atoms with Crippen molar-refractivity contribution >= 4 is 18.5 Å². The molecular weight excluding hydrogens is 420 g/mol.